The van der Waals surface area contributed by atoms with E-state index in [0.29, 0.717) is 19.7 Å². The Labute approximate surface area is 210 Å². The second-order valence-electron chi connectivity index (χ2n) is 9.36. The Morgan fingerprint density at radius 3 is 2.44 bits per heavy atom. The first-order valence-corrected chi connectivity index (χ1v) is 12.2. The third-order valence-electron chi connectivity index (χ3n) is 7.28. The maximum Gasteiger partial charge on any atom is 0.246 e. The van der Waals surface area contributed by atoms with Gasteiger partial charge in [0.15, 0.2) is 0 Å². The molecule has 2 heterocycles. The molecule has 2 atom stereocenters. The summed E-state index contributed by atoms with van der Waals surface area (Å²) >= 11 is 0. The van der Waals surface area contributed by atoms with Gasteiger partial charge >= 0.3 is 0 Å². The number of rotatable bonds is 8. The molecule has 1 saturated heterocycles. The SMILES string of the molecule is C=CCO[C@@H]1[C@@H](NC(=O)COC)c2ccccc2C12CCN(C(=O)Cn1nc3ccccc3n1)CC2. The molecule has 2 aromatic carbocycles. The van der Waals surface area contributed by atoms with E-state index in [9.17, 15) is 9.59 Å². The summed E-state index contributed by atoms with van der Waals surface area (Å²) in [6.45, 7) is 5.44. The number of methoxy groups -OCH3 is 1. The topological polar surface area (TPSA) is 98.6 Å². The molecule has 0 unspecified atom stereocenters. The van der Waals surface area contributed by atoms with Crippen molar-refractivity contribution >= 4 is 22.8 Å². The highest BCUT2D eigenvalue weighted by Gasteiger charge is 2.54. The molecular formula is C27H31N5O4. The van der Waals surface area contributed by atoms with E-state index in [2.05, 4.69) is 34.2 Å². The highest BCUT2D eigenvalue weighted by molar-refractivity contribution is 5.79. The number of hydrogen-bond donors (Lipinski definition) is 1. The number of aromatic nitrogens is 3. The number of piperidine rings is 1. The van der Waals surface area contributed by atoms with Crippen LogP contribution in [-0.4, -0.2) is 71.2 Å². The van der Waals surface area contributed by atoms with Gasteiger partial charge in [-0.2, -0.15) is 15.0 Å². The maximum atomic E-state index is 13.1. The van der Waals surface area contributed by atoms with Crippen molar-refractivity contribution in [3.8, 4) is 0 Å². The molecule has 9 nitrogen and oxygen atoms in total. The molecule has 0 bridgehead atoms. The van der Waals surface area contributed by atoms with E-state index < -0.39 is 0 Å². The fraction of sp³-hybridized carbons (Fsp3) is 0.407. The average Bonchev–Trinajstić information content (AvgIpc) is 3.40. The lowest BCUT2D eigenvalue weighted by atomic mass is 9.71. The number of ether oxygens (including phenoxy) is 2. The van der Waals surface area contributed by atoms with Crippen molar-refractivity contribution in [2.45, 2.75) is 36.9 Å². The molecule has 1 aliphatic heterocycles. The number of fused-ring (bicyclic) bond motifs is 3. The van der Waals surface area contributed by atoms with Crippen LogP contribution in [0.1, 0.15) is 30.0 Å². The Morgan fingerprint density at radius 2 is 1.78 bits per heavy atom. The van der Waals surface area contributed by atoms with Gasteiger partial charge in [-0.3, -0.25) is 9.59 Å². The number of amides is 2. The van der Waals surface area contributed by atoms with E-state index in [1.807, 2.05) is 41.3 Å². The molecule has 2 aliphatic rings. The van der Waals surface area contributed by atoms with Crippen molar-refractivity contribution < 1.29 is 19.1 Å². The molecule has 3 aromatic rings. The van der Waals surface area contributed by atoms with Gasteiger partial charge in [-0.15, -0.1) is 6.58 Å². The lowest BCUT2D eigenvalue weighted by Crippen LogP contribution is -2.52. The van der Waals surface area contributed by atoms with E-state index in [1.165, 1.54) is 17.5 Å². The Hall–Kier alpha value is -3.56. The van der Waals surface area contributed by atoms with Crippen LogP contribution in [0.4, 0.5) is 0 Å². The van der Waals surface area contributed by atoms with Gasteiger partial charge in [0.1, 0.15) is 24.2 Å². The van der Waals surface area contributed by atoms with E-state index in [1.54, 1.807) is 6.08 Å². The van der Waals surface area contributed by atoms with Crippen LogP contribution in [0.25, 0.3) is 11.0 Å². The Bertz CT molecular complexity index is 1230. The number of benzene rings is 2. The predicted molar refractivity (Wildman–Crippen MR) is 134 cm³/mol. The minimum atomic E-state index is -0.319. The van der Waals surface area contributed by atoms with Crippen molar-refractivity contribution in [1.82, 2.24) is 25.2 Å². The van der Waals surface area contributed by atoms with Crippen molar-refractivity contribution in [2.75, 3.05) is 33.4 Å². The minimum absolute atomic E-state index is 0.00931. The van der Waals surface area contributed by atoms with E-state index in [-0.39, 0.29) is 42.5 Å². The second-order valence-corrected chi connectivity index (χ2v) is 9.36. The molecule has 1 aromatic heterocycles. The van der Waals surface area contributed by atoms with E-state index in [0.717, 1.165) is 29.4 Å². The highest BCUT2D eigenvalue weighted by atomic mass is 16.5. The first-order valence-electron chi connectivity index (χ1n) is 12.2. The molecule has 2 amide bonds. The minimum Gasteiger partial charge on any atom is -0.375 e. The van der Waals surface area contributed by atoms with Gasteiger partial charge in [0.25, 0.3) is 0 Å². The van der Waals surface area contributed by atoms with E-state index >= 15 is 0 Å². The lowest BCUT2D eigenvalue weighted by Gasteiger charge is -2.44. The molecule has 0 radical (unpaired) electrons. The van der Waals surface area contributed by atoms with Gasteiger partial charge in [-0.05, 0) is 36.1 Å². The standard InChI is InChI=1S/C27H31N5O4/c1-3-16-36-26-25(28-23(33)18-35-2)19-8-4-5-9-20(19)27(26)12-14-31(15-13-27)24(34)17-32-29-21-10-6-7-11-22(21)30-32/h3-11,25-26H,1,12-18H2,2H3,(H,28,33)/t25-,26+/m0/s1. The van der Waals surface area contributed by atoms with Crippen LogP contribution in [0.5, 0.6) is 0 Å². The molecule has 1 aliphatic carbocycles. The van der Waals surface area contributed by atoms with Crippen LogP contribution in [0, 0.1) is 0 Å². The quantitative estimate of drug-likeness (QED) is 0.488. The fourth-order valence-electron chi connectivity index (χ4n) is 5.69. The van der Waals surface area contributed by atoms with Gasteiger partial charge < -0.3 is 19.7 Å². The molecule has 1 fully saturated rings. The number of hydrogen-bond acceptors (Lipinski definition) is 6. The third-order valence-corrected chi connectivity index (χ3v) is 7.28. The first-order chi connectivity index (χ1) is 17.6. The molecule has 188 valence electrons. The Balaban J connectivity index is 1.35. The number of nitrogens with one attached hydrogen (secondary N) is 1. The molecule has 5 rings (SSSR count). The Morgan fingerprint density at radius 1 is 1.11 bits per heavy atom. The van der Waals surface area contributed by atoms with Gasteiger partial charge in [-0.25, -0.2) is 0 Å². The summed E-state index contributed by atoms with van der Waals surface area (Å²) in [6, 6.07) is 15.5. The first kappa shape index (κ1) is 24.1. The zero-order valence-electron chi connectivity index (χ0n) is 20.4. The van der Waals surface area contributed by atoms with Gasteiger partial charge in [0, 0.05) is 25.6 Å². The van der Waals surface area contributed by atoms with Crippen molar-refractivity contribution in [3.05, 3.63) is 72.3 Å². The van der Waals surface area contributed by atoms with Gasteiger partial charge in [-0.1, -0.05) is 42.5 Å². The zero-order valence-corrected chi connectivity index (χ0v) is 20.4. The van der Waals surface area contributed by atoms with Crippen molar-refractivity contribution in [3.63, 3.8) is 0 Å². The summed E-state index contributed by atoms with van der Waals surface area (Å²) in [4.78, 5) is 29.0. The molecule has 0 saturated carbocycles. The number of carbonyl (C=O) groups excluding carboxylic acids is 2. The smallest absolute Gasteiger partial charge is 0.246 e. The number of carbonyl (C=O) groups is 2. The molecule has 36 heavy (non-hydrogen) atoms. The van der Waals surface area contributed by atoms with Crippen LogP contribution in [0.15, 0.2) is 61.2 Å². The van der Waals surface area contributed by atoms with E-state index in [4.69, 9.17) is 9.47 Å². The largest absolute Gasteiger partial charge is 0.375 e. The summed E-state index contributed by atoms with van der Waals surface area (Å²) in [6.07, 6.45) is 2.90. The van der Waals surface area contributed by atoms with Crippen LogP contribution < -0.4 is 5.32 Å². The van der Waals surface area contributed by atoms with Crippen LogP contribution >= 0.6 is 0 Å². The summed E-state index contributed by atoms with van der Waals surface area (Å²) in [5.74, 6) is -0.196. The number of likely N-dealkylation sites (tertiary alicyclic amines) is 1. The number of nitrogens with zero attached hydrogens (tertiary/aromatic N) is 4. The van der Waals surface area contributed by atoms with Gasteiger partial charge in [0.2, 0.25) is 11.8 Å². The normalized spacial score (nSPS) is 20.4. The Kier molecular flexibility index (Phi) is 6.84. The van der Waals surface area contributed by atoms with Crippen LogP contribution in [-0.2, 0) is 31.0 Å². The lowest BCUT2D eigenvalue weighted by molar-refractivity contribution is -0.135. The predicted octanol–water partition coefficient (Wildman–Crippen LogP) is 2.38. The fourth-order valence-corrected chi connectivity index (χ4v) is 5.69. The van der Waals surface area contributed by atoms with Crippen LogP contribution in [0.2, 0.25) is 0 Å². The maximum absolute atomic E-state index is 13.1. The summed E-state index contributed by atoms with van der Waals surface area (Å²) in [5, 5.41) is 12.0. The summed E-state index contributed by atoms with van der Waals surface area (Å²) in [7, 11) is 1.50. The summed E-state index contributed by atoms with van der Waals surface area (Å²) in [5.41, 5.74) is 3.46. The third kappa shape index (κ3) is 4.40. The summed E-state index contributed by atoms with van der Waals surface area (Å²) < 4.78 is 11.4. The zero-order chi connectivity index (χ0) is 25.1. The monoisotopic (exact) mass is 489 g/mol. The van der Waals surface area contributed by atoms with Gasteiger partial charge in [0.05, 0.1) is 18.8 Å². The molecule has 9 heteroatoms. The van der Waals surface area contributed by atoms with Crippen molar-refractivity contribution in [2.24, 2.45) is 0 Å². The van der Waals surface area contributed by atoms with Crippen LogP contribution in [0.3, 0.4) is 0 Å². The molecule has 1 N–H and O–H groups in total. The highest BCUT2D eigenvalue weighted by Crippen LogP contribution is 2.52. The second kappa shape index (κ2) is 10.2. The molecular weight excluding hydrogens is 458 g/mol. The molecule has 1 spiro atoms. The average molecular weight is 490 g/mol. The van der Waals surface area contributed by atoms with Crippen molar-refractivity contribution in [1.29, 1.82) is 0 Å².